The van der Waals surface area contributed by atoms with E-state index in [9.17, 15) is 14.0 Å². The Labute approximate surface area is 130 Å². The second-order valence-corrected chi connectivity index (χ2v) is 5.93. The average Bonchev–Trinajstić information content (AvgIpc) is 2.50. The summed E-state index contributed by atoms with van der Waals surface area (Å²) in [6.07, 6.45) is 3.51. The third-order valence-corrected chi connectivity index (χ3v) is 4.17. The molecule has 0 spiro atoms. The van der Waals surface area contributed by atoms with Crippen LogP contribution in [0, 0.1) is 11.7 Å². The molecule has 0 aliphatic heterocycles. The molecule has 0 saturated heterocycles. The van der Waals surface area contributed by atoms with Crippen molar-refractivity contribution in [3.05, 3.63) is 35.6 Å². The van der Waals surface area contributed by atoms with Crippen LogP contribution >= 0.6 is 0 Å². The van der Waals surface area contributed by atoms with Gasteiger partial charge in [-0.05, 0) is 49.9 Å². The van der Waals surface area contributed by atoms with E-state index < -0.39 is 17.9 Å². The van der Waals surface area contributed by atoms with Gasteiger partial charge in [-0.15, -0.1) is 0 Å². The molecule has 1 aromatic carbocycles. The Hall–Kier alpha value is -1.91. The number of carbonyl (C=O) groups excluding carboxylic acids is 2. The van der Waals surface area contributed by atoms with Crippen LogP contribution in [0.3, 0.4) is 0 Å². The van der Waals surface area contributed by atoms with E-state index in [0.29, 0.717) is 5.92 Å². The molecule has 0 unspecified atom stereocenters. The van der Waals surface area contributed by atoms with Crippen molar-refractivity contribution in [2.45, 2.75) is 51.7 Å². The van der Waals surface area contributed by atoms with Crippen LogP contribution < -0.4 is 5.32 Å². The molecular weight excluding hydrogens is 285 g/mol. The van der Waals surface area contributed by atoms with Gasteiger partial charge in [-0.25, -0.2) is 9.18 Å². The molecule has 5 heteroatoms. The Morgan fingerprint density at radius 3 is 2.50 bits per heavy atom. The first-order valence-electron chi connectivity index (χ1n) is 7.74. The van der Waals surface area contributed by atoms with E-state index in [4.69, 9.17) is 4.74 Å². The predicted molar refractivity (Wildman–Crippen MR) is 80.8 cm³/mol. The highest BCUT2D eigenvalue weighted by molar-refractivity contribution is 5.92. The van der Waals surface area contributed by atoms with Gasteiger partial charge in [0.15, 0.2) is 6.10 Å². The summed E-state index contributed by atoms with van der Waals surface area (Å²) >= 11 is 0. The number of esters is 1. The van der Waals surface area contributed by atoms with E-state index in [1.165, 1.54) is 30.7 Å². The highest BCUT2D eigenvalue weighted by atomic mass is 19.1. The number of hydrogen-bond acceptors (Lipinski definition) is 3. The fraction of sp³-hybridized carbons (Fsp3) is 0.529. The minimum atomic E-state index is -0.869. The Balaban J connectivity index is 1.87. The molecule has 1 fully saturated rings. The van der Waals surface area contributed by atoms with Gasteiger partial charge in [-0.1, -0.05) is 19.8 Å². The molecule has 0 bridgehead atoms. The number of halogens is 1. The molecule has 3 atom stereocenters. The summed E-state index contributed by atoms with van der Waals surface area (Å²) in [5.74, 6) is -0.889. The van der Waals surface area contributed by atoms with E-state index in [0.717, 1.165) is 19.3 Å². The van der Waals surface area contributed by atoms with Crippen LogP contribution in [-0.2, 0) is 9.53 Å². The molecule has 4 nitrogen and oxygen atoms in total. The molecule has 1 aromatic rings. The van der Waals surface area contributed by atoms with Crippen LogP contribution in [-0.4, -0.2) is 24.0 Å². The minimum Gasteiger partial charge on any atom is -0.449 e. The molecule has 1 amide bonds. The van der Waals surface area contributed by atoms with Gasteiger partial charge in [0.2, 0.25) is 0 Å². The van der Waals surface area contributed by atoms with E-state index >= 15 is 0 Å². The number of benzene rings is 1. The second-order valence-electron chi connectivity index (χ2n) is 5.93. The topological polar surface area (TPSA) is 55.4 Å². The van der Waals surface area contributed by atoms with E-state index in [-0.39, 0.29) is 17.5 Å². The maximum atomic E-state index is 12.8. The molecular formula is C17H22FNO3. The number of hydrogen-bond donors (Lipinski definition) is 1. The molecule has 1 aliphatic carbocycles. The van der Waals surface area contributed by atoms with Crippen LogP contribution in [0.15, 0.2) is 24.3 Å². The van der Waals surface area contributed by atoms with E-state index in [2.05, 4.69) is 12.2 Å². The van der Waals surface area contributed by atoms with Crippen molar-refractivity contribution >= 4 is 11.9 Å². The predicted octanol–water partition coefficient (Wildman–Crippen LogP) is 3.07. The summed E-state index contributed by atoms with van der Waals surface area (Å²) in [5, 5.41) is 2.96. The van der Waals surface area contributed by atoms with Crippen LogP contribution in [0.4, 0.5) is 4.39 Å². The number of nitrogens with one attached hydrogen (secondary N) is 1. The highest BCUT2D eigenvalue weighted by Gasteiger charge is 2.26. The molecule has 0 heterocycles. The second kappa shape index (κ2) is 7.38. The van der Waals surface area contributed by atoms with Gasteiger partial charge in [0.25, 0.3) is 5.91 Å². The zero-order chi connectivity index (χ0) is 16.1. The number of carbonyl (C=O) groups is 2. The molecule has 1 N–H and O–H groups in total. The zero-order valence-corrected chi connectivity index (χ0v) is 13.0. The number of amides is 1. The van der Waals surface area contributed by atoms with Crippen LogP contribution in [0.1, 0.15) is 49.9 Å². The van der Waals surface area contributed by atoms with Crippen molar-refractivity contribution in [1.29, 1.82) is 0 Å². The summed E-state index contributed by atoms with van der Waals surface area (Å²) in [6.45, 7) is 3.67. The lowest BCUT2D eigenvalue weighted by Crippen LogP contribution is -2.45. The van der Waals surface area contributed by atoms with Crippen LogP contribution in [0.2, 0.25) is 0 Å². The van der Waals surface area contributed by atoms with E-state index in [1.54, 1.807) is 6.92 Å². The number of rotatable bonds is 4. The maximum absolute atomic E-state index is 12.8. The van der Waals surface area contributed by atoms with Crippen molar-refractivity contribution in [3.63, 3.8) is 0 Å². The summed E-state index contributed by atoms with van der Waals surface area (Å²) in [7, 11) is 0. The van der Waals surface area contributed by atoms with Crippen molar-refractivity contribution in [2.24, 2.45) is 5.92 Å². The van der Waals surface area contributed by atoms with Gasteiger partial charge in [0.1, 0.15) is 5.82 Å². The molecule has 2 rings (SSSR count). The minimum absolute atomic E-state index is 0.147. The third kappa shape index (κ3) is 4.29. The Morgan fingerprint density at radius 1 is 1.23 bits per heavy atom. The lowest BCUT2D eigenvalue weighted by Gasteiger charge is -2.30. The summed E-state index contributed by atoms with van der Waals surface area (Å²) in [6, 6.07) is 5.20. The summed E-state index contributed by atoms with van der Waals surface area (Å²) in [4.78, 5) is 24.0. The summed E-state index contributed by atoms with van der Waals surface area (Å²) < 4.78 is 18.0. The van der Waals surface area contributed by atoms with Gasteiger partial charge < -0.3 is 10.1 Å². The molecule has 1 saturated carbocycles. The smallest absolute Gasteiger partial charge is 0.338 e. The molecule has 120 valence electrons. The molecule has 22 heavy (non-hydrogen) atoms. The summed E-state index contributed by atoms with van der Waals surface area (Å²) in [5.41, 5.74) is 0.229. The van der Waals surface area contributed by atoms with E-state index in [1.807, 2.05) is 0 Å². The Morgan fingerprint density at radius 2 is 1.86 bits per heavy atom. The quantitative estimate of drug-likeness (QED) is 0.870. The van der Waals surface area contributed by atoms with Crippen molar-refractivity contribution in [1.82, 2.24) is 5.32 Å². The molecule has 1 aliphatic rings. The maximum Gasteiger partial charge on any atom is 0.338 e. The SMILES string of the molecule is C[C@@H]1CCCC[C@H]1NC(=O)[C@@H](C)OC(=O)c1ccc(F)cc1. The molecule has 0 radical (unpaired) electrons. The average molecular weight is 307 g/mol. The fourth-order valence-electron chi connectivity index (χ4n) is 2.70. The highest BCUT2D eigenvalue weighted by Crippen LogP contribution is 2.23. The van der Waals surface area contributed by atoms with Gasteiger partial charge in [0, 0.05) is 6.04 Å². The Kier molecular flexibility index (Phi) is 5.52. The largest absolute Gasteiger partial charge is 0.449 e. The van der Waals surface area contributed by atoms with Crippen molar-refractivity contribution in [2.75, 3.05) is 0 Å². The fourth-order valence-corrected chi connectivity index (χ4v) is 2.70. The third-order valence-electron chi connectivity index (χ3n) is 4.17. The van der Waals surface area contributed by atoms with Gasteiger partial charge in [-0.2, -0.15) is 0 Å². The lowest BCUT2D eigenvalue weighted by molar-refractivity contribution is -0.130. The van der Waals surface area contributed by atoms with Gasteiger partial charge in [-0.3, -0.25) is 4.79 Å². The molecule has 0 aromatic heterocycles. The van der Waals surface area contributed by atoms with Crippen molar-refractivity contribution < 1.29 is 18.7 Å². The Bertz CT molecular complexity index is 529. The zero-order valence-electron chi connectivity index (χ0n) is 13.0. The van der Waals surface area contributed by atoms with Crippen LogP contribution in [0.5, 0.6) is 0 Å². The van der Waals surface area contributed by atoms with Gasteiger partial charge in [0.05, 0.1) is 5.56 Å². The number of ether oxygens (including phenoxy) is 1. The normalized spacial score (nSPS) is 22.7. The first-order chi connectivity index (χ1) is 10.5. The monoisotopic (exact) mass is 307 g/mol. The first kappa shape index (κ1) is 16.5. The van der Waals surface area contributed by atoms with Gasteiger partial charge >= 0.3 is 5.97 Å². The first-order valence-corrected chi connectivity index (χ1v) is 7.74. The lowest BCUT2D eigenvalue weighted by atomic mass is 9.86. The van der Waals surface area contributed by atoms with Crippen LogP contribution in [0.25, 0.3) is 0 Å². The standard InChI is InChI=1S/C17H22FNO3/c1-11-5-3-4-6-15(11)19-16(20)12(2)22-17(21)13-7-9-14(18)10-8-13/h7-12,15H,3-6H2,1-2H3,(H,19,20)/t11-,12-,15-/m1/s1. The van der Waals surface area contributed by atoms with Crippen molar-refractivity contribution in [3.8, 4) is 0 Å².